The Bertz CT molecular complexity index is 791. The van der Waals surface area contributed by atoms with Crippen LogP contribution in [0.4, 0.5) is 11.6 Å². The molecule has 6 heteroatoms. The van der Waals surface area contributed by atoms with Gasteiger partial charge in [-0.3, -0.25) is 4.79 Å². The summed E-state index contributed by atoms with van der Waals surface area (Å²) in [5, 5.41) is 6.33. The minimum Gasteiger partial charge on any atom is -0.354 e. The third kappa shape index (κ3) is 3.35. The molecule has 6 nitrogen and oxygen atoms in total. The molecule has 1 amide bonds. The largest absolute Gasteiger partial charge is 0.354 e. The predicted octanol–water partition coefficient (Wildman–Crippen LogP) is 2.39. The lowest BCUT2D eigenvalue weighted by Gasteiger charge is -2.14. The molecule has 0 spiro atoms. The monoisotopic (exact) mass is 337 g/mol. The van der Waals surface area contributed by atoms with Crippen molar-refractivity contribution < 1.29 is 4.79 Å². The number of amides is 1. The number of fused-ring (bicyclic) bond motifs is 3. The van der Waals surface area contributed by atoms with Crippen LogP contribution in [-0.4, -0.2) is 47.0 Å². The zero-order chi connectivity index (χ0) is 17.2. The van der Waals surface area contributed by atoms with Gasteiger partial charge in [0.15, 0.2) is 0 Å². The van der Waals surface area contributed by atoms with Crippen LogP contribution >= 0.6 is 0 Å². The van der Waals surface area contributed by atoms with E-state index in [-0.39, 0.29) is 5.91 Å². The van der Waals surface area contributed by atoms with Crippen LogP contribution < -0.4 is 10.6 Å². The lowest BCUT2D eigenvalue weighted by atomic mass is 10.1. The van der Waals surface area contributed by atoms with Crippen molar-refractivity contribution in [1.29, 1.82) is 0 Å². The second-order valence-corrected chi connectivity index (χ2v) is 6.77. The normalized spacial score (nSPS) is 19.7. The van der Waals surface area contributed by atoms with Gasteiger partial charge in [0.25, 0.3) is 0 Å². The van der Waals surface area contributed by atoms with Crippen molar-refractivity contribution in [3.8, 4) is 11.3 Å². The van der Waals surface area contributed by atoms with Gasteiger partial charge >= 0.3 is 0 Å². The second kappa shape index (κ2) is 6.80. The van der Waals surface area contributed by atoms with Crippen LogP contribution in [-0.2, 0) is 11.2 Å². The van der Waals surface area contributed by atoms with E-state index in [2.05, 4.69) is 27.4 Å². The molecule has 1 unspecified atom stereocenters. The van der Waals surface area contributed by atoms with Crippen molar-refractivity contribution >= 4 is 17.5 Å². The van der Waals surface area contributed by atoms with E-state index in [4.69, 9.17) is 4.98 Å². The first-order chi connectivity index (χ1) is 12.2. The maximum atomic E-state index is 12.1. The number of carbonyl (C=O) groups is 1. The molecule has 2 aromatic rings. The molecule has 0 bridgehead atoms. The maximum Gasteiger partial charge on any atom is 0.228 e. The maximum absolute atomic E-state index is 12.1. The van der Waals surface area contributed by atoms with Crippen molar-refractivity contribution in [1.82, 2.24) is 14.9 Å². The molecule has 2 aliphatic heterocycles. The van der Waals surface area contributed by atoms with Crippen molar-refractivity contribution in [3.63, 3.8) is 0 Å². The van der Waals surface area contributed by atoms with Gasteiger partial charge in [-0.05, 0) is 31.5 Å². The molecule has 25 heavy (non-hydrogen) atoms. The number of hydrogen-bond donors (Lipinski definition) is 2. The summed E-state index contributed by atoms with van der Waals surface area (Å²) in [6.07, 6.45) is 3.30. The van der Waals surface area contributed by atoms with Crippen LogP contribution in [0, 0.1) is 5.92 Å². The SMILES string of the molecule is CCN1CCC(CNc2ncc3c(n2)-c2ccccc2NC(=O)C3)C1. The third-order valence-electron chi connectivity index (χ3n) is 5.04. The highest BCUT2D eigenvalue weighted by molar-refractivity contribution is 5.99. The highest BCUT2D eigenvalue weighted by atomic mass is 16.1. The summed E-state index contributed by atoms with van der Waals surface area (Å²) >= 11 is 0. The molecule has 2 aliphatic rings. The molecule has 0 radical (unpaired) electrons. The van der Waals surface area contributed by atoms with Crippen LogP contribution in [0.1, 0.15) is 18.9 Å². The van der Waals surface area contributed by atoms with E-state index in [0.717, 1.165) is 42.1 Å². The summed E-state index contributed by atoms with van der Waals surface area (Å²) in [5.74, 6) is 1.25. The van der Waals surface area contributed by atoms with E-state index >= 15 is 0 Å². The summed E-state index contributed by atoms with van der Waals surface area (Å²) in [5.41, 5.74) is 3.47. The quantitative estimate of drug-likeness (QED) is 0.896. The van der Waals surface area contributed by atoms with Gasteiger partial charge in [0.2, 0.25) is 11.9 Å². The smallest absolute Gasteiger partial charge is 0.228 e. The number of nitrogens with one attached hydrogen (secondary N) is 2. The molecule has 2 N–H and O–H groups in total. The number of anilines is 2. The molecule has 1 fully saturated rings. The summed E-state index contributed by atoms with van der Waals surface area (Å²) in [6, 6.07) is 7.79. The van der Waals surface area contributed by atoms with Crippen molar-refractivity contribution in [2.24, 2.45) is 5.92 Å². The van der Waals surface area contributed by atoms with Crippen LogP contribution in [0.5, 0.6) is 0 Å². The van der Waals surface area contributed by atoms with Gasteiger partial charge in [0.1, 0.15) is 0 Å². The molecule has 1 saturated heterocycles. The summed E-state index contributed by atoms with van der Waals surface area (Å²) in [4.78, 5) is 23.7. The van der Waals surface area contributed by atoms with E-state index in [9.17, 15) is 4.79 Å². The number of rotatable bonds is 4. The Morgan fingerprint density at radius 2 is 2.24 bits per heavy atom. The van der Waals surface area contributed by atoms with Gasteiger partial charge in [0.05, 0.1) is 17.8 Å². The Kier molecular flexibility index (Phi) is 4.36. The number of benzene rings is 1. The predicted molar refractivity (Wildman–Crippen MR) is 98.5 cm³/mol. The molecule has 1 atom stereocenters. The number of carbonyl (C=O) groups excluding carboxylic acids is 1. The van der Waals surface area contributed by atoms with Crippen LogP contribution in [0.2, 0.25) is 0 Å². The van der Waals surface area contributed by atoms with Crippen LogP contribution in [0.25, 0.3) is 11.3 Å². The van der Waals surface area contributed by atoms with Gasteiger partial charge < -0.3 is 15.5 Å². The van der Waals surface area contributed by atoms with Gasteiger partial charge in [-0.25, -0.2) is 9.97 Å². The first-order valence-electron chi connectivity index (χ1n) is 8.94. The molecular formula is C19H23N5O. The fourth-order valence-electron chi connectivity index (χ4n) is 3.62. The first-order valence-corrected chi connectivity index (χ1v) is 8.94. The van der Waals surface area contributed by atoms with E-state index in [1.165, 1.54) is 13.0 Å². The Morgan fingerprint density at radius 3 is 3.08 bits per heavy atom. The van der Waals surface area contributed by atoms with Crippen molar-refractivity contribution in [2.75, 3.05) is 36.8 Å². The zero-order valence-corrected chi connectivity index (χ0v) is 14.5. The minimum absolute atomic E-state index is 0.0267. The Morgan fingerprint density at radius 1 is 1.36 bits per heavy atom. The fraction of sp³-hybridized carbons (Fsp3) is 0.421. The molecule has 0 aliphatic carbocycles. The molecule has 3 heterocycles. The van der Waals surface area contributed by atoms with E-state index in [1.807, 2.05) is 24.3 Å². The minimum atomic E-state index is -0.0267. The average Bonchev–Trinajstić information content (AvgIpc) is 3.04. The second-order valence-electron chi connectivity index (χ2n) is 6.77. The molecule has 1 aromatic heterocycles. The molecule has 4 rings (SSSR count). The third-order valence-corrected chi connectivity index (χ3v) is 5.04. The standard InChI is InChI=1S/C19H23N5O/c1-2-24-8-7-13(12-24)10-20-19-21-11-14-9-17(25)22-16-6-4-3-5-15(16)18(14)23-19/h3-6,11,13H,2,7-10,12H2,1H3,(H,22,25)(H,20,21,23). The molecule has 130 valence electrons. The number of para-hydroxylation sites is 1. The summed E-state index contributed by atoms with van der Waals surface area (Å²) in [6.45, 7) is 6.51. The lowest BCUT2D eigenvalue weighted by molar-refractivity contribution is -0.115. The van der Waals surface area contributed by atoms with Gasteiger partial charge in [-0.15, -0.1) is 0 Å². The zero-order valence-electron chi connectivity index (χ0n) is 14.5. The number of hydrogen-bond acceptors (Lipinski definition) is 5. The number of nitrogens with zero attached hydrogens (tertiary/aromatic N) is 3. The molecule has 0 saturated carbocycles. The Hall–Kier alpha value is -2.47. The van der Waals surface area contributed by atoms with E-state index < -0.39 is 0 Å². The van der Waals surface area contributed by atoms with Gasteiger partial charge in [-0.1, -0.05) is 25.1 Å². The molecule has 1 aromatic carbocycles. The summed E-state index contributed by atoms with van der Waals surface area (Å²) in [7, 11) is 0. The fourth-order valence-corrected chi connectivity index (χ4v) is 3.62. The summed E-state index contributed by atoms with van der Waals surface area (Å²) < 4.78 is 0. The highest BCUT2D eigenvalue weighted by Crippen LogP contribution is 2.32. The average molecular weight is 337 g/mol. The first kappa shape index (κ1) is 16.0. The van der Waals surface area contributed by atoms with Crippen LogP contribution in [0.15, 0.2) is 30.5 Å². The Balaban J connectivity index is 1.56. The van der Waals surface area contributed by atoms with Crippen LogP contribution in [0.3, 0.4) is 0 Å². The lowest BCUT2D eigenvalue weighted by Crippen LogP contribution is -2.23. The Labute approximate surface area is 147 Å². The van der Waals surface area contributed by atoms with Crippen molar-refractivity contribution in [3.05, 3.63) is 36.0 Å². The number of likely N-dealkylation sites (tertiary alicyclic amines) is 1. The van der Waals surface area contributed by atoms with Crippen molar-refractivity contribution in [2.45, 2.75) is 19.8 Å². The number of aromatic nitrogens is 2. The van der Waals surface area contributed by atoms with E-state index in [0.29, 0.717) is 18.3 Å². The topological polar surface area (TPSA) is 70.2 Å². The molecular weight excluding hydrogens is 314 g/mol. The van der Waals surface area contributed by atoms with Gasteiger partial charge in [0, 0.05) is 30.4 Å². The van der Waals surface area contributed by atoms with E-state index in [1.54, 1.807) is 6.20 Å². The van der Waals surface area contributed by atoms with Gasteiger partial charge in [-0.2, -0.15) is 0 Å². The highest BCUT2D eigenvalue weighted by Gasteiger charge is 2.23.